The molecule has 0 bridgehead atoms. The lowest BCUT2D eigenvalue weighted by Crippen LogP contribution is -2.41. The van der Waals surface area contributed by atoms with Crippen LogP contribution in [0.3, 0.4) is 0 Å². The predicted octanol–water partition coefficient (Wildman–Crippen LogP) is -0.644. The number of carbonyl (C=O) groups is 1. The average molecular weight is 393 g/mol. The monoisotopic (exact) mass is 393 g/mol. The van der Waals surface area contributed by atoms with E-state index in [2.05, 4.69) is 9.97 Å². The Morgan fingerprint density at radius 2 is 1.93 bits per heavy atom. The number of aliphatic hydroxyl groups is 2. The van der Waals surface area contributed by atoms with E-state index in [4.69, 9.17) is 19.2 Å². The third-order valence-electron chi connectivity index (χ3n) is 5.68. The Morgan fingerprint density at radius 1 is 1.32 bits per heavy atom. The van der Waals surface area contributed by atoms with Gasteiger partial charge in [-0.15, -0.1) is 0 Å². The number of rotatable bonds is 6. The fourth-order valence-corrected chi connectivity index (χ4v) is 3.15. The number of likely N-dealkylation sites (tertiary alicyclic amines) is 1. The summed E-state index contributed by atoms with van der Waals surface area (Å²) in [7, 11) is -0.522. The molecule has 2 saturated heterocycles. The quantitative estimate of drug-likeness (QED) is 0.614. The molecule has 1 amide bonds. The summed E-state index contributed by atoms with van der Waals surface area (Å²) in [4.78, 5) is 21.9. The molecule has 2 fully saturated rings. The number of aliphatic hydroxyl groups excluding tert-OH is 2. The fourth-order valence-electron chi connectivity index (χ4n) is 3.15. The summed E-state index contributed by atoms with van der Waals surface area (Å²) in [5.41, 5.74) is -0.133. The molecule has 0 spiro atoms. The van der Waals surface area contributed by atoms with E-state index in [9.17, 15) is 9.90 Å². The minimum Gasteiger partial charge on any atom is -0.463 e. The van der Waals surface area contributed by atoms with E-state index in [1.54, 1.807) is 12.4 Å². The molecule has 1 aromatic rings. The van der Waals surface area contributed by atoms with Crippen LogP contribution in [-0.4, -0.2) is 81.7 Å². The van der Waals surface area contributed by atoms with Gasteiger partial charge in [0.05, 0.1) is 24.4 Å². The lowest BCUT2D eigenvalue weighted by Gasteiger charge is -2.32. The Balaban J connectivity index is 1.50. The molecule has 3 heterocycles. The molecule has 10 heteroatoms. The Labute approximate surface area is 165 Å². The van der Waals surface area contributed by atoms with Gasteiger partial charge in [0.25, 0.3) is 5.91 Å². The second kappa shape index (κ2) is 7.94. The van der Waals surface area contributed by atoms with Crippen molar-refractivity contribution in [2.45, 2.75) is 51.4 Å². The lowest BCUT2D eigenvalue weighted by molar-refractivity contribution is -0.141. The molecule has 0 saturated carbocycles. The normalized spacial score (nSPS) is 24.4. The highest BCUT2D eigenvalue weighted by molar-refractivity contribution is 6.61. The first kappa shape index (κ1) is 21.0. The molecule has 1 aromatic heterocycles. The maximum atomic E-state index is 11.9. The van der Waals surface area contributed by atoms with E-state index >= 15 is 0 Å². The van der Waals surface area contributed by atoms with Crippen LogP contribution >= 0.6 is 0 Å². The second-order valence-corrected chi connectivity index (χ2v) is 8.34. The molecule has 154 valence electrons. The van der Waals surface area contributed by atoms with Gasteiger partial charge >= 0.3 is 13.1 Å². The van der Waals surface area contributed by atoms with E-state index in [1.807, 2.05) is 27.7 Å². The van der Waals surface area contributed by atoms with Gasteiger partial charge in [0, 0.05) is 36.9 Å². The van der Waals surface area contributed by atoms with Crippen LogP contribution in [0.1, 0.15) is 34.1 Å². The summed E-state index contributed by atoms with van der Waals surface area (Å²) in [6.07, 6.45) is 2.67. The molecule has 2 aliphatic heterocycles. The first-order chi connectivity index (χ1) is 13.1. The number of amides is 1. The lowest BCUT2D eigenvalue weighted by atomic mass is 9.81. The zero-order valence-electron chi connectivity index (χ0n) is 16.8. The van der Waals surface area contributed by atoms with Crippen LogP contribution in [0.4, 0.5) is 0 Å². The summed E-state index contributed by atoms with van der Waals surface area (Å²) in [5, 5.41) is 18.3. The van der Waals surface area contributed by atoms with Crippen molar-refractivity contribution in [3.05, 3.63) is 12.4 Å². The van der Waals surface area contributed by atoms with Gasteiger partial charge in [0.2, 0.25) is 0 Å². The molecule has 2 atom stereocenters. The third-order valence-corrected chi connectivity index (χ3v) is 5.68. The van der Waals surface area contributed by atoms with Crippen LogP contribution < -0.4 is 10.2 Å². The molecule has 0 aromatic carbocycles. The third kappa shape index (κ3) is 4.30. The van der Waals surface area contributed by atoms with E-state index in [0.29, 0.717) is 19.7 Å². The highest BCUT2D eigenvalue weighted by Crippen LogP contribution is 2.36. The van der Waals surface area contributed by atoms with Crippen molar-refractivity contribution in [3.8, 4) is 6.01 Å². The minimum absolute atomic E-state index is 0.126. The van der Waals surface area contributed by atoms with Crippen molar-refractivity contribution in [3.63, 3.8) is 0 Å². The molecule has 0 radical (unpaired) electrons. The Morgan fingerprint density at radius 3 is 2.50 bits per heavy atom. The van der Waals surface area contributed by atoms with Crippen molar-refractivity contribution in [1.29, 1.82) is 0 Å². The zero-order chi connectivity index (χ0) is 20.5. The number of hydrogen-bond donors (Lipinski definition) is 2. The van der Waals surface area contributed by atoms with Gasteiger partial charge in [-0.1, -0.05) is 0 Å². The van der Waals surface area contributed by atoms with E-state index < -0.39 is 36.9 Å². The molecular formula is C18H28BN3O6. The van der Waals surface area contributed by atoms with Gasteiger partial charge in [0.15, 0.2) is 6.10 Å². The summed E-state index contributed by atoms with van der Waals surface area (Å²) in [5.74, 6) is -0.325. The summed E-state index contributed by atoms with van der Waals surface area (Å²) in [6, 6.07) is 0.250. The van der Waals surface area contributed by atoms with E-state index in [0.717, 1.165) is 11.9 Å². The fraction of sp³-hybridized carbons (Fsp3) is 0.722. The van der Waals surface area contributed by atoms with Crippen LogP contribution in [0.2, 0.25) is 0 Å². The van der Waals surface area contributed by atoms with Crippen molar-refractivity contribution in [2.24, 2.45) is 5.92 Å². The summed E-state index contributed by atoms with van der Waals surface area (Å²) in [6.45, 7) is 8.75. The maximum absolute atomic E-state index is 11.9. The molecular weight excluding hydrogens is 365 g/mol. The SMILES string of the molecule is CC1(C)OB(c2cnc(OCC3CCN(C(=O)C(O)CO)C3)nc2)OC1(C)C. The molecule has 2 unspecified atom stereocenters. The van der Waals surface area contributed by atoms with Gasteiger partial charge in [-0.2, -0.15) is 0 Å². The molecule has 2 aliphatic rings. The average Bonchev–Trinajstić information content (AvgIpc) is 3.21. The smallest absolute Gasteiger partial charge is 0.463 e. The molecule has 9 nitrogen and oxygen atoms in total. The molecule has 0 aliphatic carbocycles. The number of ether oxygens (including phenoxy) is 1. The number of nitrogens with zero attached hydrogens (tertiary/aromatic N) is 3. The zero-order valence-corrected chi connectivity index (χ0v) is 16.8. The molecule has 2 N–H and O–H groups in total. The van der Waals surface area contributed by atoms with Gasteiger partial charge < -0.3 is 29.2 Å². The molecule has 28 heavy (non-hydrogen) atoms. The van der Waals surface area contributed by atoms with Crippen LogP contribution in [0.5, 0.6) is 6.01 Å². The van der Waals surface area contributed by atoms with Crippen LogP contribution in [0.25, 0.3) is 0 Å². The number of aromatic nitrogens is 2. The topological polar surface area (TPSA) is 114 Å². The van der Waals surface area contributed by atoms with Gasteiger partial charge in [-0.25, -0.2) is 9.97 Å². The van der Waals surface area contributed by atoms with Gasteiger partial charge in [-0.05, 0) is 34.1 Å². The van der Waals surface area contributed by atoms with E-state index in [-0.39, 0.29) is 11.9 Å². The Hall–Kier alpha value is -1.75. The van der Waals surface area contributed by atoms with Crippen molar-refractivity contribution >= 4 is 18.5 Å². The van der Waals surface area contributed by atoms with Crippen molar-refractivity contribution < 1.29 is 29.1 Å². The number of hydrogen-bond acceptors (Lipinski definition) is 8. The van der Waals surface area contributed by atoms with Crippen molar-refractivity contribution in [1.82, 2.24) is 14.9 Å². The summed E-state index contributed by atoms with van der Waals surface area (Å²) < 4.78 is 17.6. The Bertz CT molecular complexity index is 683. The first-order valence-electron chi connectivity index (χ1n) is 9.51. The minimum atomic E-state index is -1.36. The van der Waals surface area contributed by atoms with Gasteiger partial charge in [0.1, 0.15) is 0 Å². The standard InChI is InChI=1S/C18H28BN3O6/c1-17(2)18(3,4)28-19(27-17)13-7-20-16(21-8-13)26-11-12-5-6-22(9-12)15(25)14(24)10-23/h7-8,12,14,23-24H,5-6,9-11H2,1-4H3. The maximum Gasteiger partial charge on any atom is 0.498 e. The predicted molar refractivity (Wildman–Crippen MR) is 101 cm³/mol. The van der Waals surface area contributed by atoms with E-state index in [1.165, 1.54) is 4.90 Å². The molecule has 3 rings (SSSR count). The number of carbonyl (C=O) groups excluding carboxylic acids is 1. The van der Waals surface area contributed by atoms with Crippen LogP contribution in [0.15, 0.2) is 12.4 Å². The highest BCUT2D eigenvalue weighted by atomic mass is 16.7. The van der Waals surface area contributed by atoms with Crippen LogP contribution in [-0.2, 0) is 14.1 Å². The summed E-state index contributed by atoms with van der Waals surface area (Å²) >= 11 is 0. The highest BCUT2D eigenvalue weighted by Gasteiger charge is 2.52. The Kier molecular flexibility index (Phi) is 5.95. The second-order valence-electron chi connectivity index (χ2n) is 8.34. The van der Waals surface area contributed by atoms with Crippen molar-refractivity contribution in [2.75, 3.05) is 26.3 Å². The van der Waals surface area contributed by atoms with Gasteiger partial charge in [-0.3, -0.25) is 4.79 Å². The van der Waals surface area contributed by atoms with Crippen LogP contribution in [0, 0.1) is 5.92 Å². The largest absolute Gasteiger partial charge is 0.498 e. The first-order valence-corrected chi connectivity index (χ1v) is 9.51.